The molecule has 0 fully saturated rings. The number of amides is 1. The number of rotatable bonds is 19. The molecule has 0 saturated carbocycles. The largest absolute Gasteiger partial charge is 0.494 e. The highest BCUT2D eigenvalue weighted by atomic mass is 16.5. The van der Waals surface area contributed by atoms with Crippen molar-refractivity contribution in [3.8, 4) is 5.75 Å². The number of ether oxygens (including phenoxy) is 1. The number of hydrogen-bond acceptors (Lipinski definition) is 3. The van der Waals surface area contributed by atoms with Crippen LogP contribution in [0, 0.1) is 0 Å². The first-order valence-corrected chi connectivity index (χ1v) is 11.0. The fraction of sp³-hybridized carbons (Fsp3) is 0.696. The maximum Gasteiger partial charge on any atom is 0.225 e. The van der Waals surface area contributed by atoms with Crippen molar-refractivity contribution in [2.45, 2.75) is 96.8 Å². The van der Waals surface area contributed by atoms with Crippen molar-refractivity contribution in [3.63, 3.8) is 0 Å². The Balaban J connectivity index is 1.83. The Morgan fingerprint density at radius 1 is 0.741 bits per heavy atom. The second-order valence-corrected chi connectivity index (χ2v) is 7.36. The fourth-order valence-electron chi connectivity index (χ4n) is 3.23. The molecular weight excluding hydrogens is 336 g/mol. The normalized spacial score (nSPS) is 10.6. The molecule has 0 saturated heterocycles. The lowest BCUT2D eigenvalue weighted by atomic mass is 10.0. The average Bonchev–Trinajstić information content (AvgIpc) is 2.70. The summed E-state index contributed by atoms with van der Waals surface area (Å²) in [7, 11) is 0. The van der Waals surface area contributed by atoms with Gasteiger partial charge in [0.05, 0.1) is 12.3 Å². The van der Waals surface area contributed by atoms with Crippen LogP contribution in [-0.4, -0.2) is 13.0 Å². The summed E-state index contributed by atoms with van der Waals surface area (Å²) >= 11 is 0. The Bertz CT molecular complexity index is 448. The molecule has 2 N–H and O–H groups in total. The number of carbonyl (C=O) groups excluding carboxylic acids is 1. The number of carbonyl (C=O) groups is 1. The van der Waals surface area contributed by atoms with Gasteiger partial charge in [-0.3, -0.25) is 15.6 Å². The highest BCUT2D eigenvalue weighted by molar-refractivity contribution is 5.53. The zero-order chi connectivity index (χ0) is 19.4. The third-order valence-electron chi connectivity index (χ3n) is 4.90. The highest BCUT2D eigenvalue weighted by Gasteiger charge is 1.97. The van der Waals surface area contributed by atoms with E-state index in [-0.39, 0.29) is 0 Å². The zero-order valence-corrected chi connectivity index (χ0v) is 17.3. The number of hydrazine groups is 1. The van der Waals surface area contributed by atoms with Crippen molar-refractivity contribution in [2.24, 2.45) is 0 Å². The summed E-state index contributed by atoms with van der Waals surface area (Å²) in [6.45, 7) is 3.05. The van der Waals surface area contributed by atoms with Crippen LogP contribution in [0.1, 0.15) is 96.8 Å². The van der Waals surface area contributed by atoms with E-state index in [0.717, 1.165) is 24.5 Å². The van der Waals surface area contributed by atoms with E-state index in [2.05, 4.69) is 17.8 Å². The Morgan fingerprint density at radius 3 is 1.70 bits per heavy atom. The quantitative estimate of drug-likeness (QED) is 0.162. The molecule has 1 aromatic rings. The van der Waals surface area contributed by atoms with Crippen molar-refractivity contribution in [1.29, 1.82) is 0 Å². The highest BCUT2D eigenvalue weighted by Crippen LogP contribution is 2.16. The molecule has 0 heterocycles. The van der Waals surface area contributed by atoms with E-state index >= 15 is 0 Å². The van der Waals surface area contributed by atoms with Gasteiger partial charge in [0.1, 0.15) is 5.75 Å². The first-order chi connectivity index (χ1) is 13.4. The van der Waals surface area contributed by atoms with Gasteiger partial charge in [0.25, 0.3) is 0 Å². The van der Waals surface area contributed by atoms with Gasteiger partial charge >= 0.3 is 0 Å². The lowest BCUT2D eigenvalue weighted by molar-refractivity contribution is -0.109. The molecule has 0 aromatic heterocycles. The summed E-state index contributed by atoms with van der Waals surface area (Å²) in [6.07, 6.45) is 19.8. The molecule has 0 unspecified atom stereocenters. The van der Waals surface area contributed by atoms with Crippen LogP contribution < -0.4 is 15.6 Å². The van der Waals surface area contributed by atoms with E-state index in [0.29, 0.717) is 6.41 Å². The number of anilines is 1. The van der Waals surface area contributed by atoms with E-state index in [1.54, 1.807) is 0 Å². The molecule has 1 amide bonds. The summed E-state index contributed by atoms with van der Waals surface area (Å²) in [5.74, 6) is 0.876. The predicted octanol–water partition coefficient (Wildman–Crippen LogP) is 6.62. The van der Waals surface area contributed by atoms with Gasteiger partial charge in [-0.15, -0.1) is 0 Å². The molecule has 154 valence electrons. The first-order valence-electron chi connectivity index (χ1n) is 11.0. The van der Waals surface area contributed by atoms with Crippen LogP contribution in [-0.2, 0) is 4.79 Å². The van der Waals surface area contributed by atoms with Crippen molar-refractivity contribution in [1.82, 2.24) is 5.43 Å². The Hall–Kier alpha value is -1.71. The van der Waals surface area contributed by atoms with Crippen LogP contribution in [0.25, 0.3) is 0 Å². The summed E-state index contributed by atoms with van der Waals surface area (Å²) in [5.41, 5.74) is 6.02. The van der Waals surface area contributed by atoms with Gasteiger partial charge in [0.15, 0.2) is 0 Å². The summed E-state index contributed by atoms with van der Waals surface area (Å²) in [5, 5.41) is 0. The number of nitrogens with one attached hydrogen (secondary N) is 2. The third kappa shape index (κ3) is 14.1. The van der Waals surface area contributed by atoms with E-state index in [1.165, 1.54) is 83.5 Å². The fourth-order valence-corrected chi connectivity index (χ4v) is 3.23. The molecule has 27 heavy (non-hydrogen) atoms. The molecule has 1 rings (SSSR count). The van der Waals surface area contributed by atoms with E-state index in [1.807, 2.05) is 24.3 Å². The maximum atomic E-state index is 10.2. The van der Waals surface area contributed by atoms with Gasteiger partial charge in [0, 0.05) is 0 Å². The molecule has 1 aromatic carbocycles. The minimum atomic E-state index is 0.611. The van der Waals surface area contributed by atoms with Gasteiger partial charge in [-0.25, -0.2) is 0 Å². The Kier molecular flexibility index (Phi) is 15.3. The van der Waals surface area contributed by atoms with Gasteiger partial charge in [-0.1, -0.05) is 90.4 Å². The second-order valence-electron chi connectivity index (χ2n) is 7.36. The molecule has 0 aliphatic heterocycles. The van der Waals surface area contributed by atoms with Gasteiger partial charge in [-0.2, -0.15) is 0 Å². The predicted molar refractivity (Wildman–Crippen MR) is 115 cm³/mol. The van der Waals surface area contributed by atoms with Crippen LogP contribution in [0.15, 0.2) is 24.3 Å². The second kappa shape index (κ2) is 17.7. The van der Waals surface area contributed by atoms with Crippen LogP contribution in [0.4, 0.5) is 5.69 Å². The molecule has 4 heteroatoms. The zero-order valence-electron chi connectivity index (χ0n) is 17.3. The molecule has 0 bridgehead atoms. The van der Waals surface area contributed by atoms with Crippen molar-refractivity contribution in [2.75, 3.05) is 12.0 Å². The lowest BCUT2D eigenvalue weighted by Gasteiger charge is -2.08. The molecule has 0 spiro atoms. The topological polar surface area (TPSA) is 50.4 Å². The lowest BCUT2D eigenvalue weighted by Crippen LogP contribution is -2.18. The number of unbranched alkanes of at least 4 members (excludes halogenated alkanes) is 13. The summed E-state index contributed by atoms with van der Waals surface area (Å²) < 4.78 is 5.75. The average molecular weight is 377 g/mol. The summed E-state index contributed by atoms with van der Waals surface area (Å²) in [6, 6.07) is 7.60. The van der Waals surface area contributed by atoms with Crippen LogP contribution in [0.2, 0.25) is 0 Å². The number of benzene rings is 1. The molecule has 0 atom stereocenters. The van der Waals surface area contributed by atoms with E-state index < -0.39 is 0 Å². The molecule has 0 aliphatic carbocycles. The monoisotopic (exact) mass is 376 g/mol. The molecular formula is C23H40N2O2. The summed E-state index contributed by atoms with van der Waals surface area (Å²) in [4.78, 5) is 10.2. The van der Waals surface area contributed by atoms with Gasteiger partial charge in [0.2, 0.25) is 6.41 Å². The minimum Gasteiger partial charge on any atom is -0.494 e. The van der Waals surface area contributed by atoms with Gasteiger partial charge in [-0.05, 0) is 30.7 Å². The SMILES string of the molecule is CCCCCCCCCCCCCCCCOc1ccc(NNC=O)cc1. The van der Waals surface area contributed by atoms with E-state index in [4.69, 9.17) is 4.74 Å². The Morgan fingerprint density at radius 2 is 1.22 bits per heavy atom. The van der Waals surface area contributed by atoms with Crippen LogP contribution >= 0.6 is 0 Å². The third-order valence-corrected chi connectivity index (χ3v) is 4.90. The smallest absolute Gasteiger partial charge is 0.225 e. The van der Waals surface area contributed by atoms with Crippen molar-refractivity contribution < 1.29 is 9.53 Å². The first kappa shape index (κ1) is 23.3. The van der Waals surface area contributed by atoms with Crippen molar-refractivity contribution in [3.05, 3.63) is 24.3 Å². The minimum absolute atomic E-state index is 0.611. The van der Waals surface area contributed by atoms with E-state index in [9.17, 15) is 4.79 Å². The van der Waals surface area contributed by atoms with Crippen LogP contribution in [0.3, 0.4) is 0 Å². The molecule has 0 aliphatic rings. The number of hydrogen-bond donors (Lipinski definition) is 2. The van der Waals surface area contributed by atoms with Crippen molar-refractivity contribution >= 4 is 12.1 Å². The Labute approximate surface area is 166 Å². The van der Waals surface area contributed by atoms with Crippen LogP contribution in [0.5, 0.6) is 5.75 Å². The molecule has 4 nitrogen and oxygen atoms in total. The van der Waals surface area contributed by atoms with Gasteiger partial charge < -0.3 is 4.74 Å². The molecule has 0 radical (unpaired) electrons. The maximum absolute atomic E-state index is 10.2. The standard InChI is InChI=1S/C23H40N2O2/c1-2-3-4-5-6-7-8-9-10-11-12-13-14-15-20-27-23-18-16-22(17-19-23)25-24-21-26/h16-19,21,25H,2-15,20H2,1H3,(H,24,26).